The first-order valence-corrected chi connectivity index (χ1v) is 3.43. The summed E-state index contributed by atoms with van der Waals surface area (Å²) in [5.74, 6) is 1.11. The third-order valence-corrected chi connectivity index (χ3v) is 1.07. The molecule has 0 saturated heterocycles. The largest absolute Gasteiger partial charge is 0.349 e. The van der Waals surface area contributed by atoms with E-state index in [0.29, 0.717) is 5.84 Å². The van der Waals surface area contributed by atoms with Crippen LogP contribution in [-0.2, 0) is 0 Å². The normalized spacial score (nSPS) is 8.82. The number of guanidine groups is 1. The molecule has 0 aliphatic rings. The van der Waals surface area contributed by atoms with Crippen molar-refractivity contribution in [1.29, 1.82) is 5.41 Å². The van der Waals surface area contributed by atoms with Gasteiger partial charge in [0.25, 0.3) is 0 Å². The zero-order valence-corrected chi connectivity index (χ0v) is 7.84. The van der Waals surface area contributed by atoms with Gasteiger partial charge in [-0.05, 0) is 6.92 Å². The zero-order chi connectivity index (χ0) is 9.02. The molecule has 0 bridgehead atoms. The standard InChI is InChI=1S/C7H16N4/c1-6(8)9-7(10(2)3)11(4)5/h8H,1-5H3. The molecule has 0 aromatic heterocycles. The maximum atomic E-state index is 7.17. The van der Waals surface area contributed by atoms with Crippen LogP contribution < -0.4 is 0 Å². The summed E-state index contributed by atoms with van der Waals surface area (Å²) >= 11 is 0. The molecule has 0 rings (SSSR count). The van der Waals surface area contributed by atoms with Crippen molar-refractivity contribution in [2.75, 3.05) is 28.2 Å². The lowest BCUT2D eigenvalue weighted by Crippen LogP contribution is -2.35. The summed E-state index contributed by atoms with van der Waals surface area (Å²) < 4.78 is 0. The van der Waals surface area contributed by atoms with Gasteiger partial charge in [-0.15, -0.1) is 0 Å². The summed E-state index contributed by atoms with van der Waals surface area (Å²) in [5.41, 5.74) is 0. The van der Waals surface area contributed by atoms with Crippen molar-refractivity contribution in [2.45, 2.75) is 6.92 Å². The van der Waals surface area contributed by atoms with Crippen LogP contribution in [0, 0.1) is 5.41 Å². The Labute approximate surface area is 68.0 Å². The van der Waals surface area contributed by atoms with Gasteiger partial charge >= 0.3 is 0 Å². The van der Waals surface area contributed by atoms with Gasteiger partial charge in [-0.2, -0.15) is 0 Å². The topological polar surface area (TPSA) is 42.7 Å². The van der Waals surface area contributed by atoms with Crippen LogP contribution in [0.15, 0.2) is 4.99 Å². The molecule has 0 aromatic rings. The Balaban J connectivity index is 4.46. The van der Waals surface area contributed by atoms with Crippen LogP contribution in [0.1, 0.15) is 6.92 Å². The summed E-state index contributed by atoms with van der Waals surface area (Å²) in [6.07, 6.45) is 0. The molecule has 0 aromatic carbocycles. The molecular formula is C7H16N4. The van der Waals surface area contributed by atoms with E-state index in [1.807, 2.05) is 38.0 Å². The van der Waals surface area contributed by atoms with Crippen LogP contribution in [0.2, 0.25) is 0 Å². The molecule has 0 aliphatic carbocycles. The Hall–Kier alpha value is -1.06. The molecule has 0 fully saturated rings. The molecule has 4 heteroatoms. The molecule has 0 spiro atoms. The Morgan fingerprint density at radius 2 is 1.45 bits per heavy atom. The Kier molecular flexibility index (Phi) is 3.57. The summed E-state index contributed by atoms with van der Waals surface area (Å²) in [5, 5.41) is 7.17. The van der Waals surface area contributed by atoms with Crippen LogP contribution >= 0.6 is 0 Å². The van der Waals surface area contributed by atoms with Crippen molar-refractivity contribution in [1.82, 2.24) is 9.80 Å². The van der Waals surface area contributed by atoms with Crippen LogP contribution in [0.5, 0.6) is 0 Å². The summed E-state index contributed by atoms with van der Waals surface area (Å²) in [6.45, 7) is 1.66. The quantitative estimate of drug-likeness (QED) is 0.409. The highest BCUT2D eigenvalue weighted by molar-refractivity contribution is 5.92. The molecule has 0 atom stereocenters. The van der Waals surface area contributed by atoms with Gasteiger partial charge in [0.1, 0.15) is 5.84 Å². The monoisotopic (exact) mass is 156 g/mol. The Bertz CT molecular complexity index is 159. The average Bonchev–Trinajstić information content (AvgIpc) is 1.81. The van der Waals surface area contributed by atoms with E-state index in [2.05, 4.69) is 4.99 Å². The minimum Gasteiger partial charge on any atom is -0.349 e. The fourth-order valence-corrected chi connectivity index (χ4v) is 0.750. The van der Waals surface area contributed by atoms with Crippen molar-refractivity contribution in [3.63, 3.8) is 0 Å². The molecule has 0 heterocycles. The fraction of sp³-hybridized carbons (Fsp3) is 0.714. The zero-order valence-electron chi connectivity index (χ0n) is 7.84. The summed E-state index contributed by atoms with van der Waals surface area (Å²) in [7, 11) is 7.62. The third kappa shape index (κ3) is 3.60. The summed E-state index contributed by atoms with van der Waals surface area (Å²) in [6, 6.07) is 0. The van der Waals surface area contributed by atoms with Crippen LogP contribution in [0.25, 0.3) is 0 Å². The number of amidine groups is 1. The Morgan fingerprint density at radius 1 is 1.09 bits per heavy atom. The van der Waals surface area contributed by atoms with Crippen molar-refractivity contribution in [3.05, 3.63) is 0 Å². The Morgan fingerprint density at radius 3 is 1.55 bits per heavy atom. The average molecular weight is 156 g/mol. The smallest absolute Gasteiger partial charge is 0.201 e. The highest BCUT2D eigenvalue weighted by atomic mass is 15.3. The van der Waals surface area contributed by atoms with Crippen LogP contribution in [0.4, 0.5) is 0 Å². The predicted octanol–water partition coefficient (Wildman–Crippen LogP) is 0.463. The van der Waals surface area contributed by atoms with E-state index < -0.39 is 0 Å². The molecule has 64 valence electrons. The van der Waals surface area contributed by atoms with E-state index in [1.54, 1.807) is 6.92 Å². The lowest BCUT2D eigenvalue weighted by atomic mass is 10.6. The molecular weight excluding hydrogens is 140 g/mol. The first-order chi connectivity index (χ1) is 4.95. The highest BCUT2D eigenvalue weighted by Crippen LogP contribution is 1.88. The van der Waals surface area contributed by atoms with Gasteiger partial charge in [-0.3, -0.25) is 5.41 Å². The van der Waals surface area contributed by atoms with E-state index >= 15 is 0 Å². The molecule has 4 nitrogen and oxygen atoms in total. The maximum absolute atomic E-state index is 7.17. The minimum atomic E-state index is 0.322. The van der Waals surface area contributed by atoms with Gasteiger partial charge < -0.3 is 9.80 Å². The lowest BCUT2D eigenvalue weighted by Gasteiger charge is -2.22. The fourth-order valence-electron chi connectivity index (χ4n) is 0.750. The first kappa shape index (κ1) is 9.94. The molecule has 11 heavy (non-hydrogen) atoms. The van der Waals surface area contributed by atoms with E-state index in [4.69, 9.17) is 5.41 Å². The second kappa shape index (κ2) is 3.95. The van der Waals surface area contributed by atoms with Crippen molar-refractivity contribution >= 4 is 11.8 Å². The van der Waals surface area contributed by atoms with Crippen LogP contribution in [-0.4, -0.2) is 49.8 Å². The van der Waals surface area contributed by atoms with E-state index in [1.165, 1.54) is 0 Å². The van der Waals surface area contributed by atoms with Gasteiger partial charge in [0, 0.05) is 28.2 Å². The van der Waals surface area contributed by atoms with Gasteiger partial charge in [0.15, 0.2) is 0 Å². The maximum Gasteiger partial charge on any atom is 0.201 e. The number of nitrogens with one attached hydrogen (secondary N) is 1. The molecule has 0 unspecified atom stereocenters. The van der Waals surface area contributed by atoms with Crippen molar-refractivity contribution < 1.29 is 0 Å². The van der Waals surface area contributed by atoms with Crippen molar-refractivity contribution in [2.24, 2.45) is 4.99 Å². The lowest BCUT2D eigenvalue weighted by molar-refractivity contribution is 0.485. The third-order valence-electron chi connectivity index (χ3n) is 1.07. The van der Waals surface area contributed by atoms with Gasteiger partial charge in [0.2, 0.25) is 5.96 Å². The van der Waals surface area contributed by atoms with E-state index in [-0.39, 0.29) is 0 Å². The number of hydrogen-bond donors (Lipinski definition) is 1. The van der Waals surface area contributed by atoms with E-state index in [0.717, 1.165) is 5.96 Å². The van der Waals surface area contributed by atoms with Gasteiger partial charge in [0.05, 0.1) is 0 Å². The molecule has 0 amide bonds. The minimum absolute atomic E-state index is 0.322. The molecule has 1 N–H and O–H groups in total. The molecule has 0 radical (unpaired) electrons. The van der Waals surface area contributed by atoms with Crippen molar-refractivity contribution in [3.8, 4) is 0 Å². The van der Waals surface area contributed by atoms with Gasteiger partial charge in [-0.1, -0.05) is 0 Å². The summed E-state index contributed by atoms with van der Waals surface area (Å²) in [4.78, 5) is 7.77. The van der Waals surface area contributed by atoms with E-state index in [9.17, 15) is 0 Å². The highest BCUT2D eigenvalue weighted by Gasteiger charge is 2.03. The number of rotatable bonds is 0. The second-order valence-electron chi connectivity index (χ2n) is 2.79. The number of nitrogens with zero attached hydrogens (tertiary/aromatic N) is 3. The van der Waals surface area contributed by atoms with Gasteiger partial charge in [-0.25, -0.2) is 4.99 Å². The number of hydrogen-bond acceptors (Lipinski definition) is 1. The second-order valence-corrected chi connectivity index (χ2v) is 2.79. The first-order valence-electron chi connectivity index (χ1n) is 3.43. The molecule has 0 saturated carbocycles. The van der Waals surface area contributed by atoms with Crippen LogP contribution in [0.3, 0.4) is 0 Å². The number of aliphatic imine (C=N–C) groups is 1. The molecule has 0 aliphatic heterocycles. The predicted molar refractivity (Wildman–Crippen MR) is 48.2 cm³/mol. The SMILES string of the molecule is CC(=N)N=C(N(C)C)N(C)C.